The van der Waals surface area contributed by atoms with Crippen LogP contribution in [-0.2, 0) is 16.0 Å². The van der Waals surface area contributed by atoms with Gasteiger partial charge in [0.05, 0.1) is 11.4 Å². The second-order valence-electron chi connectivity index (χ2n) is 5.51. The lowest BCUT2D eigenvalue weighted by molar-refractivity contribution is -0.141. The van der Waals surface area contributed by atoms with E-state index in [9.17, 15) is 26.0 Å². The van der Waals surface area contributed by atoms with Crippen LogP contribution in [0.1, 0.15) is 11.4 Å². The highest BCUT2D eigenvalue weighted by atomic mass is 32.2. The topological polar surface area (TPSA) is 64.8 Å². The summed E-state index contributed by atoms with van der Waals surface area (Å²) in [6, 6.07) is 3.88. The summed E-state index contributed by atoms with van der Waals surface area (Å²) in [5, 5.41) is 5.36. The van der Waals surface area contributed by atoms with Crippen LogP contribution in [0.5, 0.6) is 0 Å². The zero-order chi connectivity index (χ0) is 19.3. The van der Waals surface area contributed by atoms with Crippen molar-refractivity contribution in [2.45, 2.75) is 18.0 Å². The standard InChI is InChI=1S/C15H11F4N3O2S2/c1-8-7-25-14(20-8)22-11(6-13(21-22)15(17,18)19)9-3-4-12(10(16)5-9)26(2,23)24/h3-7H,1-2H3. The lowest BCUT2D eigenvalue weighted by atomic mass is 10.1. The van der Waals surface area contributed by atoms with Crippen molar-refractivity contribution in [3.8, 4) is 16.4 Å². The predicted octanol–water partition coefficient (Wildman–Crippen LogP) is 3.87. The Morgan fingerprint density at radius 2 is 1.88 bits per heavy atom. The van der Waals surface area contributed by atoms with Gasteiger partial charge in [0, 0.05) is 17.2 Å². The number of hydrogen-bond donors (Lipinski definition) is 0. The van der Waals surface area contributed by atoms with Crippen molar-refractivity contribution in [2.75, 3.05) is 6.26 Å². The molecule has 0 aliphatic heterocycles. The van der Waals surface area contributed by atoms with E-state index >= 15 is 0 Å². The molecule has 3 rings (SSSR count). The van der Waals surface area contributed by atoms with Crippen molar-refractivity contribution in [1.82, 2.24) is 14.8 Å². The summed E-state index contributed by atoms with van der Waals surface area (Å²) in [4.78, 5) is 3.57. The molecule has 26 heavy (non-hydrogen) atoms. The molecule has 0 radical (unpaired) electrons. The van der Waals surface area contributed by atoms with Crippen LogP contribution in [0, 0.1) is 12.7 Å². The molecule has 0 fully saturated rings. The minimum absolute atomic E-state index is 0.0470. The van der Waals surface area contributed by atoms with Gasteiger partial charge in [-0.2, -0.15) is 18.3 Å². The van der Waals surface area contributed by atoms with Crippen LogP contribution in [-0.4, -0.2) is 29.4 Å². The first-order valence-electron chi connectivity index (χ1n) is 7.06. The average Bonchev–Trinajstić information content (AvgIpc) is 3.11. The molecule has 3 aromatic rings. The summed E-state index contributed by atoms with van der Waals surface area (Å²) in [5.74, 6) is -1.05. The minimum Gasteiger partial charge on any atom is -0.224 e. The number of alkyl halides is 3. The quantitative estimate of drug-likeness (QED) is 0.621. The molecule has 0 spiro atoms. The largest absolute Gasteiger partial charge is 0.435 e. The van der Waals surface area contributed by atoms with E-state index in [1.807, 2.05) is 0 Å². The summed E-state index contributed by atoms with van der Waals surface area (Å²) in [6.07, 6.45) is -3.85. The molecule has 11 heteroatoms. The van der Waals surface area contributed by atoms with Gasteiger partial charge in [-0.25, -0.2) is 22.5 Å². The zero-order valence-corrected chi connectivity index (χ0v) is 15.0. The number of thiazole rings is 1. The maximum Gasteiger partial charge on any atom is 0.435 e. The fourth-order valence-electron chi connectivity index (χ4n) is 2.27. The van der Waals surface area contributed by atoms with Gasteiger partial charge in [-0.3, -0.25) is 0 Å². The van der Waals surface area contributed by atoms with Gasteiger partial charge in [-0.1, -0.05) is 6.07 Å². The number of aryl methyl sites for hydroxylation is 1. The van der Waals surface area contributed by atoms with E-state index in [4.69, 9.17) is 0 Å². The number of sulfone groups is 1. The van der Waals surface area contributed by atoms with E-state index in [1.54, 1.807) is 12.3 Å². The van der Waals surface area contributed by atoms with Crippen LogP contribution in [0.4, 0.5) is 17.6 Å². The highest BCUT2D eigenvalue weighted by Crippen LogP contribution is 2.34. The molecule has 0 unspecified atom stereocenters. The van der Waals surface area contributed by atoms with E-state index < -0.39 is 32.4 Å². The van der Waals surface area contributed by atoms with Gasteiger partial charge >= 0.3 is 6.18 Å². The molecule has 0 aliphatic carbocycles. The average molecular weight is 405 g/mol. The molecule has 1 aromatic carbocycles. The van der Waals surface area contributed by atoms with Crippen molar-refractivity contribution in [2.24, 2.45) is 0 Å². The Labute approximate surface area is 149 Å². The van der Waals surface area contributed by atoms with Crippen LogP contribution in [0.25, 0.3) is 16.4 Å². The second kappa shape index (κ2) is 6.16. The maximum atomic E-state index is 14.2. The Kier molecular flexibility index (Phi) is 4.39. The molecule has 2 heterocycles. The Morgan fingerprint density at radius 3 is 2.38 bits per heavy atom. The molecule has 0 atom stereocenters. The van der Waals surface area contributed by atoms with E-state index in [2.05, 4.69) is 10.1 Å². The monoisotopic (exact) mass is 405 g/mol. The van der Waals surface area contributed by atoms with E-state index in [0.29, 0.717) is 5.69 Å². The first-order chi connectivity index (χ1) is 12.0. The molecular formula is C15H11F4N3O2S2. The predicted molar refractivity (Wildman–Crippen MR) is 87.5 cm³/mol. The highest BCUT2D eigenvalue weighted by Gasteiger charge is 2.35. The summed E-state index contributed by atoms with van der Waals surface area (Å²) < 4.78 is 77.4. The van der Waals surface area contributed by atoms with Crippen LogP contribution in [0.3, 0.4) is 0 Å². The molecule has 0 saturated heterocycles. The highest BCUT2D eigenvalue weighted by molar-refractivity contribution is 7.90. The van der Waals surface area contributed by atoms with E-state index in [-0.39, 0.29) is 16.4 Å². The number of halogens is 4. The number of nitrogens with zero attached hydrogens (tertiary/aromatic N) is 3. The first-order valence-corrected chi connectivity index (χ1v) is 9.83. The van der Waals surface area contributed by atoms with Gasteiger partial charge in [0.25, 0.3) is 0 Å². The SMILES string of the molecule is Cc1csc(-n2nc(C(F)(F)F)cc2-c2ccc(S(C)(=O)=O)c(F)c2)n1. The van der Waals surface area contributed by atoms with Crippen LogP contribution in [0.2, 0.25) is 0 Å². The molecule has 2 aromatic heterocycles. The smallest absolute Gasteiger partial charge is 0.224 e. The van der Waals surface area contributed by atoms with Crippen molar-refractivity contribution in [1.29, 1.82) is 0 Å². The summed E-state index contributed by atoms with van der Waals surface area (Å²) in [5.41, 5.74) is -0.567. The molecule has 0 aliphatic rings. The van der Waals surface area contributed by atoms with Crippen molar-refractivity contribution in [3.05, 3.63) is 46.9 Å². The summed E-state index contributed by atoms with van der Waals surface area (Å²) in [7, 11) is -3.80. The Morgan fingerprint density at radius 1 is 1.19 bits per heavy atom. The number of rotatable bonds is 3. The fourth-order valence-corrected chi connectivity index (χ4v) is 3.76. The van der Waals surface area contributed by atoms with Crippen molar-refractivity contribution in [3.63, 3.8) is 0 Å². The van der Waals surface area contributed by atoms with Gasteiger partial charge in [-0.15, -0.1) is 11.3 Å². The fraction of sp³-hybridized carbons (Fsp3) is 0.200. The second-order valence-corrected chi connectivity index (χ2v) is 8.33. The lowest BCUT2D eigenvalue weighted by Crippen LogP contribution is -2.07. The number of aromatic nitrogens is 3. The summed E-state index contributed by atoms with van der Waals surface area (Å²) >= 11 is 1.08. The van der Waals surface area contributed by atoms with Gasteiger partial charge in [0.2, 0.25) is 5.13 Å². The first kappa shape index (κ1) is 18.5. The van der Waals surface area contributed by atoms with Crippen LogP contribution < -0.4 is 0 Å². The minimum atomic E-state index is -4.70. The summed E-state index contributed by atoms with van der Waals surface area (Å²) in [6.45, 7) is 1.68. The van der Waals surface area contributed by atoms with Crippen LogP contribution in [0.15, 0.2) is 34.5 Å². The van der Waals surface area contributed by atoms with Gasteiger partial charge in [-0.05, 0) is 25.1 Å². The maximum absolute atomic E-state index is 14.2. The molecule has 0 saturated carbocycles. The van der Waals surface area contributed by atoms with E-state index in [0.717, 1.165) is 40.5 Å². The van der Waals surface area contributed by atoms with E-state index in [1.165, 1.54) is 6.07 Å². The lowest BCUT2D eigenvalue weighted by Gasteiger charge is -2.06. The normalized spacial score (nSPS) is 12.5. The third-order valence-electron chi connectivity index (χ3n) is 3.41. The zero-order valence-electron chi connectivity index (χ0n) is 13.4. The molecule has 0 N–H and O–H groups in total. The number of benzene rings is 1. The third-order valence-corrected chi connectivity index (χ3v) is 5.48. The molecule has 138 valence electrons. The molecule has 5 nitrogen and oxygen atoms in total. The Hall–Kier alpha value is -2.27. The molecule has 0 amide bonds. The number of hydrogen-bond acceptors (Lipinski definition) is 5. The Balaban J connectivity index is 2.21. The van der Waals surface area contributed by atoms with Crippen molar-refractivity contribution < 1.29 is 26.0 Å². The third kappa shape index (κ3) is 3.49. The van der Waals surface area contributed by atoms with Crippen LogP contribution >= 0.6 is 11.3 Å². The van der Waals surface area contributed by atoms with Gasteiger partial charge in [0.1, 0.15) is 10.7 Å². The van der Waals surface area contributed by atoms with Gasteiger partial charge < -0.3 is 0 Å². The molecule has 0 bridgehead atoms. The van der Waals surface area contributed by atoms with Gasteiger partial charge in [0.15, 0.2) is 15.5 Å². The molecular weight excluding hydrogens is 394 g/mol. The Bertz CT molecular complexity index is 1080. The van der Waals surface area contributed by atoms with Crippen molar-refractivity contribution >= 4 is 21.2 Å².